The van der Waals surface area contributed by atoms with Crippen LogP contribution in [0.5, 0.6) is 0 Å². The Kier molecular flexibility index (Phi) is 3.47. The molecule has 0 amide bonds. The van der Waals surface area contributed by atoms with Gasteiger partial charge in [-0.15, -0.1) is 10.2 Å². The molecule has 0 spiro atoms. The van der Waals surface area contributed by atoms with Crippen molar-refractivity contribution in [2.45, 2.75) is 0 Å². The van der Waals surface area contributed by atoms with Gasteiger partial charge in [0.2, 0.25) is 0 Å². The zero-order chi connectivity index (χ0) is 17.5. The predicted octanol–water partition coefficient (Wildman–Crippen LogP) is 5.89. The fraction of sp³-hybridized carbons (Fsp3) is 0. The van der Waals surface area contributed by atoms with Crippen LogP contribution in [0, 0.1) is 0 Å². The molecule has 1 aromatic heterocycles. The molecule has 4 aromatic carbocycles. The molecular weight excluding hydrogens is 342 g/mol. The molecule has 0 aliphatic heterocycles. The van der Waals surface area contributed by atoms with Gasteiger partial charge in [-0.1, -0.05) is 66.2 Å². The van der Waals surface area contributed by atoms with Crippen LogP contribution < -0.4 is 0 Å². The average molecular weight is 356 g/mol. The summed E-state index contributed by atoms with van der Waals surface area (Å²) in [5.74, 6) is 0. The van der Waals surface area contributed by atoms with Crippen LogP contribution in [0.2, 0.25) is 5.02 Å². The van der Waals surface area contributed by atoms with Crippen molar-refractivity contribution in [3.63, 3.8) is 0 Å². The zero-order valence-electron chi connectivity index (χ0n) is 13.8. The molecule has 124 valence electrons. The average Bonchev–Trinajstić information content (AvgIpc) is 3.12. The van der Waals surface area contributed by atoms with E-state index in [1.54, 1.807) is 4.80 Å². The number of hydrogen-bond donors (Lipinski definition) is 0. The molecule has 1 heterocycles. The molecule has 5 rings (SSSR count). The lowest BCUT2D eigenvalue weighted by Gasteiger charge is -2.07. The van der Waals surface area contributed by atoms with Crippen LogP contribution in [-0.4, -0.2) is 15.0 Å². The highest BCUT2D eigenvalue weighted by Crippen LogP contribution is 2.32. The first-order chi connectivity index (χ1) is 12.8. The molecule has 0 N–H and O–H groups in total. The smallest absolute Gasteiger partial charge is 0.121 e. The second-order valence-corrected chi connectivity index (χ2v) is 6.60. The van der Waals surface area contributed by atoms with Crippen molar-refractivity contribution in [2.75, 3.05) is 0 Å². The normalized spacial score (nSPS) is 11.3. The highest BCUT2D eigenvalue weighted by molar-refractivity contribution is 6.30. The number of halogens is 1. The molecule has 0 fully saturated rings. The van der Waals surface area contributed by atoms with E-state index in [0.29, 0.717) is 5.02 Å². The maximum atomic E-state index is 5.99. The van der Waals surface area contributed by atoms with Gasteiger partial charge in [-0.3, -0.25) is 0 Å². The van der Waals surface area contributed by atoms with E-state index < -0.39 is 0 Å². The predicted molar refractivity (Wildman–Crippen MR) is 107 cm³/mol. The lowest BCUT2D eigenvalue weighted by molar-refractivity contribution is 0.766. The number of benzene rings is 4. The SMILES string of the molecule is Clc1ccc(-n2nc3cccc(-c4cccc5ccccc45)c3n2)cc1. The van der Waals surface area contributed by atoms with Crippen LogP contribution >= 0.6 is 11.6 Å². The Morgan fingerprint density at radius 3 is 2.27 bits per heavy atom. The minimum atomic E-state index is 0.696. The molecule has 5 aromatic rings. The monoisotopic (exact) mass is 355 g/mol. The summed E-state index contributed by atoms with van der Waals surface area (Å²) in [6.07, 6.45) is 0. The Bertz CT molecular complexity index is 1230. The third-order valence-corrected chi connectivity index (χ3v) is 4.80. The Labute approximate surface area is 155 Å². The van der Waals surface area contributed by atoms with Gasteiger partial charge >= 0.3 is 0 Å². The van der Waals surface area contributed by atoms with E-state index in [1.807, 2.05) is 36.4 Å². The molecule has 0 atom stereocenters. The lowest BCUT2D eigenvalue weighted by atomic mass is 9.97. The first kappa shape index (κ1) is 15.1. The minimum absolute atomic E-state index is 0.696. The van der Waals surface area contributed by atoms with E-state index in [-0.39, 0.29) is 0 Å². The van der Waals surface area contributed by atoms with Gasteiger partial charge < -0.3 is 0 Å². The van der Waals surface area contributed by atoms with E-state index in [4.69, 9.17) is 16.7 Å². The lowest BCUT2D eigenvalue weighted by Crippen LogP contribution is -1.97. The summed E-state index contributed by atoms with van der Waals surface area (Å²) in [7, 11) is 0. The quantitative estimate of drug-likeness (QED) is 0.395. The molecule has 0 radical (unpaired) electrons. The van der Waals surface area contributed by atoms with Gasteiger partial charge in [0.05, 0.1) is 5.69 Å². The van der Waals surface area contributed by atoms with E-state index in [2.05, 4.69) is 53.6 Å². The summed E-state index contributed by atoms with van der Waals surface area (Å²) < 4.78 is 0. The summed E-state index contributed by atoms with van der Waals surface area (Å²) in [6.45, 7) is 0. The van der Waals surface area contributed by atoms with Crippen molar-refractivity contribution >= 4 is 33.4 Å². The molecule has 0 saturated heterocycles. The molecule has 4 heteroatoms. The van der Waals surface area contributed by atoms with Crippen LogP contribution in [-0.2, 0) is 0 Å². The maximum absolute atomic E-state index is 5.99. The van der Waals surface area contributed by atoms with Crippen molar-refractivity contribution in [2.24, 2.45) is 0 Å². The van der Waals surface area contributed by atoms with Crippen molar-refractivity contribution in [3.8, 4) is 16.8 Å². The van der Waals surface area contributed by atoms with Crippen LogP contribution in [0.15, 0.2) is 84.9 Å². The molecule has 26 heavy (non-hydrogen) atoms. The first-order valence-corrected chi connectivity index (χ1v) is 8.77. The fourth-order valence-corrected chi connectivity index (χ4v) is 3.43. The summed E-state index contributed by atoms with van der Waals surface area (Å²) >= 11 is 5.99. The minimum Gasteiger partial charge on any atom is -0.150 e. The highest BCUT2D eigenvalue weighted by Gasteiger charge is 2.12. The molecular formula is C22H14ClN3. The summed E-state index contributed by atoms with van der Waals surface area (Å²) in [5, 5.41) is 12.5. The van der Waals surface area contributed by atoms with E-state index in [0.717, 1.165) is 27.8 Å². The third kappa shape index (κ3) is 2.45. The molecule has 0 aliphatic carbocycles. The number of hydrogen-bond acceptors (Lipinski definition) is 2. The number of aromatic nitrogens is 3. The van der Waals surface area contributed by atoms with Crippen molar-refractivity contribution in [3.05, 3.63) is 90.0 Å². The molecule has 0 bridgehead atoms. The van der Waals surface area contributed by atoms with E-state index >= 15 is 0 Å². The maximum Gasteiger partial charge on any atom is 0.121 e. The molecule has 0 saturated carbocycles. The van der Waals surface area contributed by atoms with Gasteiger partial charge in [0, 0.05) is 10.6 Å². The Hall–Kier alpha value is -3.17. The third-order valence-electron chi connectivity index (χ3n) is 4.55. The van der Waals surface area contributed by atoms with Gasteiger partial charge in [0.25, 0.3) is 0 Å². The van der Waals surface area contributed by atoms with Crippen LogP contribution in [0.3, 0.4) is 0 Å². The Morgan fingerprint density at radius 2 is 1.38 bits per heavy atom. The summed E-state index contributed by atoms with van der Waals surface area (Å²) in [4.78, 5) is 1.66. The van der Waals surface area contributed by atoms with Gasteiger partial charge in [-0.05, 0) is 46.7 Å². The summed E-state index contributed by atoms with van der Waals surface area (Å²) in [5.41, 5.74) is 4.88. The van der Waals surface area contributed by atoms with Gasteiger partial charge in [-0.2, -0.15) is 4.80 Å². The van der Waals surface area contributed by atoms with Gasteiger partial charge in [0.1, 0.15) is 11.0 Å². The largest absolute Gasteiger partial charge is 0.150 e. The summed E-state index contributed by atoms with van der Waals surface area (Å²) in [6, 6.07) is 28.4. The number of nitrogens with zero attached hydrogens (tertiary/aromatic N) is 3. The molecule has 0 unspecified atom stereocenters. The number of fused-ring (bicyclic) bond motifs is 2. The Morgan fingerprint density at radius 1 is 0.654 bits per heavy atom. The van der Waals surface area contributed by atoms with Crippen LogP contribution in [0.4, 0.5) is 0 Å². The van der Waals surface area contributed by atoms with Crippen molar-refractivity contribution in [1.82, 2.24) is 15.0 Å². The van der Waals surface area contributed by atoms with Crippen LogP contribution in [0.1, 0.15) is 0 Å². The first-order valence-electron chi connectivity index (χ1n) is 8.40. The van der Waals surface area contributed by atoms with Crippen molar-refractivity contribution < 1.29 is 0 Å². The fourth-order valence-electron chi connectivity index (χ4n) is 3.30. The highest BCUT2D eigenvalue weighted by atomic mass is 35.5. The standard InChI is InChI=1S/C22H14ClN3/c23-16-11-13-17(14-12-16)26-24-21-10-4-9-20(22(21)25-26)19-8-3-6-15-5-1-2-7-18(15)19/h1-14H. The van der Waals surface area contributed by atoms with Gasteiger partial charge in [0.15, 0.2) is 0 Å². The van der Waals surface area contributed by atoms with Crippen LogP contribution in [0.25, 0.3) is 38.6 Å². The Balaban J connectivity index is 1.75. The van der Waals surface area contributed by atoms with Crippen molar-refractivity contribution in [1.29, 1.82) is 0 Å². The number of rotatable bonds is 2. The van der Waals surface area contributed by atoms with Gasteiger partial charge in [-0.25, -0.2) is 0 Å². The van der Waals surface area contributed by atoms with E-state index in [9.17, 15) is 0 Å². The second kappa shape index (κ2) is 5.97. The van der Waals surface area contributed by atoms with E-state index in [1.165, 1.54) is 10.8 Å². The zero-order valence-corrected chi connectivity index (χ0v) is 14.6. The topological polar surface area (TPSA) is 30.7 Å². The molecule has 0 aliphatic rings. The molecule has 3 nitrogen and oxygen atoms in total. The second-order valence-electron chi connectivity index (χ2n) is 6.17.